The van der Waals surface area contributed by atoms with Gasteiger partial charge in [-0.2, -0.15) is 11.8 Å². The summed E-state index contributed by atoms with van der Waals surface area (Å²) in [6.45, 7) is 5.54. The fourth-order valence-corrected chi connectivity index (χ4v) is 4.77. The summed E-state index contributed by atoms with van der Waals surface area (Å²) in [5, 5.41) is 3.64. The van der Waals surface area contributed by atoms with Crippen LogP contribution in [0.3, 0.4) is 0 Å². The average Bonchev–Trinajstić information content (AvgIpc) is 3.04. The molecular weight excluding hydrogens is 266 g/mol. The first-order valence-corrected chi connectivity index (χ1v) is 9.08. The topological polar surface area (TPSA) is 29.9 Å². The SMILES string of the molecule is Cc1cn(C2CCCCC2)c(NCC2(C)CCCS2)n1. The molecule has 112 valence electrons. The lowest BCUT2D eigenvalue weighted by Gasteiger charge is -2.27. The van der Waals surface area contributed by atoms with E-state index in [4.69, 9.17) is 4.98 Å². The van der Waals surface area contributed by atoms with E-state index in [-0.39, 0.29) is 0 Å². The summed E-state index contributed by atoms with van der Waals surface area (Å²) >= 11 is 2.11. The van der Waals surface area contributed by atoms with E-state index in [0.717, 1.165) is 18.2 Å². The Kier molecular flexibility index (Phi) is 4.29. The molecule has 2 aliphatic rings. The van der Waals surface area contributed by atoms with E-state index >= 15 is 0 Å². The predicted molar refractivity (Wildman–Crippen MR) is 87.7 cm³/mol. The number of anilines is 1. The first kappa shape index (κ1) is 14.3. The second-order valence-corrected chi connectivity index (χ2v) is 8.34. The molecule has 0 amide bonds. The van der Waals surface area contributed by atoms with Gasteiger partial charge in [0.2, 0.25) is 5.95 Å². The predicted octanol–water partition coefficient (Wildman–Crippen LogP) is 4.39. The van der Waals surface area contributed by atoms with E-state index in [1.807, 2.05) is 0 Å². The average molecular weight is 293 g/mol. The maximum atomic E-state index is 4.72. The monoisotopic (exact) mass is 293 g/mol. The first-order valence-electron chi connectivity index (χ1n) is 8.10. The Morgan fingerprint density at radius 1 is 1.35 bits per heavy atom. The highest BCUT2D eigenvalue weighted by molar-refractivity contribution is 8.00. The van der Waals surface area contributed by atoms with Crippen LogP contribution in [-0.2, 0) is 0 Å². The van der Waals surface area contributed by atoms with E-state index in [9.17, 15) is 0 Å². The zero-order valence-electron chi connectivity index (χ0n) is 12.8. The third-order valence-electron chi connectivity index (χ3n) is 4.74. The highest BCUT2D eigenvalue weighted by atomic mass is 32.2. The molecule has 3 rings (SSSR count). The largest absolute Gasteiger partial charge is 0.354 e. The van der Waals surface area contributed by atoms with Crippen molar-refractivity contribution in [3.05, 3.63) is 11.9 Å². The van der Waals surface area contributed by atoms with Gasteiger partial charge in [-0.1, -0.05) is 19.3 Å². The fourth-order valence-electron chi connectivity index (χ4n) is 3.53. The number of thioether (sulfide) groups is 1. The van der Waals surface area contributed by atoms with Gasteiger partial charge in [-0.15, -0.1) is 0 Å². The number of aromatic nitrogens is 2. The zero-order chi connectivity index (χ0) is 14.0. The van der Waals surface area contributed by atoms with Crippen LogP contribution in [0.5, 0.6) is 0 Å². The molecule has 0 bridgehead atoms. The summed E-state index contributed by atoms with van der Waals surface area (Å²) in [4.78, 5) is 4.72. The van der Waals surface area contributed by atoms with Gasteiger partial charge in [-0.05, 0) is 45.3 Å². The van der Waals surface area contributed by atoms with Crippen LogP contribution < -0.4 is 5.32 Å². The van der Waals surface area contributed by atoms with Gasteiger partial charge in [0.1, 0.15) is 0 Å². The molecule has 2 heterocycles. The molecule has 1 N–H and O–H groups in total. The Labute approximate surface area is 126 Å². The van der Waals surface area contributed by atoms with Crippen LogP contribution in [0.2, 0.25) is 0 Å². The fraction of sp³-hybridized carbons (Fsp3) is 0.812. The summed E-state index contributed by atoms with van der Waals surface area (Å²) in [7, 11) is 0. The van der Waals surface area contributed by atoms with E-state index < -0.39 is 0 Å². The lowest BCUT2D eigenvalue weighted by molar-refractivity contribution is 0.355. The number of hydrogen-bond acceptors (Lipinski definition) is 3. The van der Waals surface area contributed by atoms with Crippen LogP contribution in [0.15, 0.2) is 6.20 Å². The maximum Gasteiger partial charge on any atom is 0.203 e. The van der Waals surface area contributed by atoms with Crippen molar-refractivity contribution in [2.75, 3.05) is 17.6 Å². The standard InChI is InChI=1S/C16H27N3S/c1-13-11-19(14-7-4-3-5-8-14)15(18-13)17-12-16(2)9-6-10-20-16/h11,14H,3-10,12H2,1-2H3,(H,17,18). The van der Waals surface area contributed by atoms with Crippen molar-refractivity contribution < 1.29 is 0 Å². The van der Waals surface area contributed by atoms with Crippen LogP contribution in [0.4, 0.5) is 5.95 Å². The van der Waals surface area contributed by atoms with Crippen molar-refractivity contribution in [1.82, 2.24) is 9.55 Å². The molecule has 0 spiro atoms. The van der Waals surface area contributed by atoms with Gasteiger partial charge >= 0.3 is 0 Å². The quantitative estimate of drug-likeness (QED) is 0.892. The number of nitrogens with one attached hydrogen (secondary N) is 1. The van der Waals surface area contributed by atoms with Gasteiger partial charge < -0.3 is 9.88 Å². The smallest absolute Gasteiger partial charge is 0.203 e. The highest BCUT2D eigenvalue weighted by Gasteiger charge is 2.30. The molecule has 1 aliphatic carbocycles. The Bertz CT molecular complexity index is 443. The Balaban J connectivity index is 1.69. The second-order valence-electron chi connectivity index (χ2n) is 6.66. The lowest BCUT2D eigenvalue weighted by atomic mass is 9.95. The number of rotatable bonds is 4. The minimum Gasteiger partial charge on any atom is -0.354 e. The van der Waals surface area contributed by atoms with E-state index in [1.54, 1.807) is 0 Å². The van der Waals surface area contributed by atoms with Gasteiger partial charge in [0.25, 0.3) is 0 Å². The third-order valence-corrected chi connectivity index (χ3v) is 6.28. The van der Waals surface area contributed by atoms with Crippen molar-refractivity contribution in [2.24, 2.45) is 0 Å². The normalized spacial score (nSPS) is 27.9. The molecular formula is C16H27N3S. The highest BCUT2D eigenvalue weighted by Crippen LogP contribution is 2.38. The summed E-state index contributed by atoms with van der Waals surface area (Å²) < 4.78 is 2.81. The van der Waals surface area contributed by atoms with Gasteiger partial charge in [0.15, 0.2) is 0 Å². The van der Waals surface area contributed by atoms with E-state index in [2.05, 4.69) is 41.7 Å². The van der Waals surface area contributed by atoms with Crippen molar-refractivity contribution in [3.8, 4) is 0 Å². The minimum absolute atomic E-state index is 0.400. The second kappa shape index (κ2) is 6.00. The molecule has 0 radical (unpaired) electrons. The molecule has 2 fully saturated rings. The summed E-state index contributed by atoms with van der Waals surface area (Å²) in [6, 6.07) is 0.663. The Hall–Kier alpha value is -0.640. The van der Waals surface area contributed by atoms with Crippen LogP contribution >= 0.6 is 11.8 Å². The third kappa shape index (κ3) is 3.16. The van der Waals surface area contributed by atoms with Crippen LogP contribution in [0, 0.1) is 6.92 Å². The lowest BCUT2D eigenvalue weighted by Crippen LogP contribution is -2.28. The maximum absolute atomic E-state index is 4.72. The van der Waals surface area contributed by atoms with Crippen LogP contribution in [0.1, 0.15) is 63.6 Å². The van der Waals surface area contributed by atoms with Gasteiger partial charge in [0, 0.05) is 23.5 Å². The Morgan fingerprint density at radius 3 is 2.85 bits per heavy atom. The first-order chi connectivity index (χ1) is 9.66. The molecule has 1 saturated heterocycles. The number of aryl methyl sites for hydroxylation is 1. The van der Waals surface area contributed by atoms with Crippen molar-refractivity contribution in [1.29, 1.82) is 0 Å². The Morgan fingerprint density at radius 2 is 2.15 bits per heavy atom. The van der Waals surface area contributed by atoms with Gasteiger partial charge in [-0.25, -0.2) is 4.98 Å². The summed E-state index contributed by atoms with van der Waals surface area (Å²) in [5.41, 5.74) is 1.14. The van der Waals surface area contributed by atoms with Crippen molar-refractivity contribution in [3.63, 3.8) is 0 Å². The minimum atomic E-state index is 0.400. The number of nitrogens with zero attached hydrogens (tertiary/aromatic N) is 2. The van der Waals surface area contributed by atoms with Crippen molar-refractivity contribution in [2.45, 2.75) is 69.6 Å². The molecule has 1 unspecified atom stereocenters. The molecule has 4 heteroatoms. The van der Waals surface area contributed by atoms with Crippen LogP contribution in [-0.4, -0.2) is 26.6 Å². The summed E-state index contributed by atoms with van der Waals surface area (Å²) in [5.74, 6) is 2.41. The molecule has 3 nitrogen and oxygen atoms in total. The summed E-state index contributed by atoms with van der Waals surface area (Å²) in [6.07, 6.45) is 11.7. The molecule has 1 atom stereocenters. The van der Waals surface area contributed by atoms with Gasteiger partial charge in [-0.3, -0.25) is 0 Å². The molecule has 1 aromatic rings. The molecule has 20 heavy (non-hydrogen) atoms. The van der Waals surface area contributed by atoms with Crippen molar-refractivity contribution >= 4 is 17.7 Å². The van der Waals surface area contributed by atoms with E-state index in [1.165, 1.54) is 50.7 Å². The zero-order valence-corrected chi connectivity index (χ0v) is 13.6. The van der Waals surface area contributed by atoms with Gasteiger partial charge in [0.05, 0.1) is 5.69 Å². The number of imidazole rings is 1. The molecule has 1 saturated carbocycles. The molecule has 1 aromatic heterocycles. The number of hydrogen-bond donors (Lipinski definition) is 1. The van der Waals surface area contributed by atoms with E-state index in [0.29, 0.717) is 10.8 Å². The molecule has 0 aromatic carbocycles. The molecule has 1 aliphatic heterocycles. The van der Waals surface area contributed by atoms with Crippen LogP contribution in [0.25, 0.3) is 0 Å².